The monoisotopic (exact) mass is 662 g/mol. The van der Waals surface area contributed by atoms with Crippen LogP contribution in [0.25, 0.3) is 22.3 Å². The first kappa shape index (κ1) is 34.3. The lowest BCUT2D eigenvalue weighted by molar-refractivity contribution is -0.206. The Bertz CT molecular complexity index is 1680. The largest absolute Gasteiger partial charge is 0.488 e. The molecule has 0 aliphatic carbocycles. The summed E-state index contributed by atoms with van der Waals surface area (Å²) in [5.74, 6) is -6.21. The van der Waals surface area contributed by atoms with Crippen molar-refractivity contribution in [2.24, 2.45) is 5.92 Å². The third-order valence-electron chi connectivity index (χ3n) is 7.83. The van der Waals surface area contributed by atoms with E-state index in [1.165, 1.54) is 18.2 Å². The van der Waals surface area contributed by atoms with Gasteiger partial charge in [0.05, 0.1) is 25.4 Å². The van der Waals surface area contributed by atoms with Gasteiger partial charge in [-0.2, -0.15) is 8.78 Å². The van der Waals surface area contributed by atoms with Gasteiger partial charge in [0.15, 0.2) is 23.7 Å². The second kappa shape index (κ2) is 14.8. The Balaban J connectivity index is 1.27. The van der Waals surface area contributed by atoms with E-state index in [2.05, 4.69) is 6.92 Å². The van der Waals surface area contributed by atoms with Gasteiger partial charge in [-0.05, 0) is 66.9 Å². The summed E-state index contributed by atoms with van der Waals surface area (Å²) in [5.41, 5.74) is -1.24. The predicted octanol–water partition coefficient (Wildman–Crippen LogP) is 10.5. The number of rotatable bonds is 12. The molecule has 4 aromatic rings. The maximum Gasteiger partial charge on any atom is 0.429 e. The van der Waals surface area contributed by atoms with Crippen LogP contribution in [0, 0.1) is 35.0 Å². The number of hydrogen-bond acceptors (Lipinski definition) is 4. The molecule has 1 fully saturated rings. The molecule has 1 aliphatic rings. The van der Waals surface area contributed by atoms with Crippen molar-refractivity contribution >= 4 is 0 Å². The van der Waals surface area contributed by atoms with Crippen LogP contribution in [0.3, 0.4) is 0 Å². The van der Waals surface area contributed by atoms with Gasteiger partial charge in [-0.25, -0.2) is 22.0 Å². The number of halogens is 7. The number of unbranched alkanes of at least 4 members (excludes halogenated alkanes) is 2. The molecule has 0 aromatic heterocycles. The Morgan fingerprint density at radius 2 is 1.34 bits per heavy atom. The first-order chi connectivity index (χ1) is 22.5. The zero-order valence-electron chi connectivity index (χ0n) is 25.7. The molecule has 0 spiro atoms. The average molecular weight is 663 g/mol. The molecule has 4 nitrogen and oxygen atoms in total. The van der Waals surface area contributed by atoms with E-state index in [1.807, 2.05) is 0 Å². The summed E-state index contributed by atoms with van der Waals surface area (Å²) in [4.78, 5) is 0. The second-order valence-corrected chi connectivity index (χ2v) is 11.3. The standard InChI is InChI=1S/C36H33F7O4/c1-3-5-6-7-21-19-45-35(46-20-21)23-9-13-28(31(39)15-23)36(42,43)47-25-10-12-26(30(38)18-25)22-8-11-27(29(37)14-22)24-16-32(40)34(44-4-2)33(41)17-24/h8-18,21,35H,3-7,19-20H2,1-2H3. The molecule has 11 heteroatoms. The van der Waals surface area contributed by atoms with Crippen LogP contribution < -0.4 is 9.47 Å². The van der Waals surface area contributed by atoms with Crippen LogP contribution >= 0.6 is 0 Å². The minimum absolute atomic E-state index is 0.0232. The van der Waals surface area contributed by atoms with Crippen molar-refractivity contribution in [2.45, 2.75) is 51.9 Å². The van der Waals surface area contributed by atoms with Crippen molar-refractivity contribution in [1.29, 1.82) is 0 Å². The highest BCUT2D eigenvalue weighted by molar-refractivity contribution is 5.72. The van der Waals surface area contributed by atoms with Crippen LogP contribution in [0.2, 0.25) is 0 Å². The molecule has 1 heterocycles. The van der Waals surface area contributed by atoms with Gasteiger partial charge in [0.2, 0.25) is 0 Å². The normalized spacial score (nSPS) is 16.7. The van der Waals surface area contributed by atoms with E-state index >= 15 is 17.6 Å². The van der Waals surface area contributed by atoms with Gasteiger partial charge in [-0.15, -0.1) is 0 Å². The number of hydrogen-bond donors (Lipinski definition) is 0. The van der Waals surface area contributed by atoms with Crippen LogP contribution in [-0.4, -0.2) is 19.8 Å². The maximum atomic E-state index is 15.1. The highest BCUT2D eigenvalue weighted by Gasteiger charge is 2.38. The maximum absolute atomic E-state index is 15.1. The molecule has 4 aromatic carbocycles. The van der Waals surface area contributed by atoms with Gasteiger partial charge < -0.3 is 18.9 Å². The fraction of sp³-hybridized carbons (Fsp3) is 0.333. The molecule has 0 unspecified atom stereocenters. The molecule has 47 heavy (non-hydrogen) atoms. The number of ether oxygens (including phenoxy) is 4. The van der Waals surface area contributed by atoms with Crippen LogP contribution in [0.15, 0.2) is 66.7 Å². The molecule has 250 valence electrons. The number of benzene rings is 4. The summed E-state index contributed by atoms with van der Waals surface area (Å²) in [7, 11) is 0. The van der Waals surface area contributed by atoms with Crippen LogP contribution in [-0.2, 0) is 15.6 Å². The highest BCUT2D eigenvalue weighted by Crippen LogP contribution is 2.38. The Hall–Kier alpha value is -4.09. The van der Waals surface area contributed by atoms with E-state index in [-0.39, 0.29) is 40.3 Å². The fourth-order valence-electron chi connectivity index (χ4n) is 5.41. The van der Waals surface area contributed by atoms with E-state index in [4.69, 9.17) is 18.9 Å². The molecule has 5 rings (SSSR count). The third-order valence-corrected chi connectivity index (χ3v) is 7.83. The van der Waals surface area contributed by atoms with Gasteiger partial charge >= 0.3 is 6.11 Å². The summed E-state index contributed by atoms with van der Waals surface area (Å²) in [5, 5.41) is 0. The first-order valence-corrected chi connectivity index (χ1v) is 15.3. The molecule has 0 bridgehead atoms. The Morgan fingerprint density at radius 1 is 0.702 bits per heavy atom. The van der Waals surface area contributed by atoms with Gasteiger partial charge in [-0.1, -0.05) is 44.4 Å². The quantitative estimate of drug-likeness (QED) is 0.112. The van der Waals surface area contributed by atoms with E-state index < -0.39 is 58.5 Å². The van der Waals surface area contributed by atoms with Gasteiger partial charge in [0.1, 0.15) is 23.2 Å². The molecule has 0 amide bonds. The van der Waals surface area contributed by atoms with Crippen LogP contribution in [0.1, 0.15) is 56.9 Å². The van der Waals surface area contributed by atoms with Gasteiger partial charge in [0, 0.05) is 28.7 Å². The zero-order valence-corrected chi connectivity index (χ0v) is 25.7. The van der Waals surface area contributed by atoms with Crippen molar-refractivity contribution in [3.63, 3.8) is 0 Å². The van der Waals surface area contributed by atoms with E-state index in [9.17, 15) is 13.2 Å². The molecular weight excluding hydrogens is 629 g/mol. The smallest absolute Gasteiger partial charge is 0.429 e. The minimum atomic E-state index is -4.18. The average Bonchev–Trinajstić information content (AvgIpc) is 3.03. The van der Waals surface area contributed by atoms with Crippen molar-refractivity contribution in [3.8, 4) is 33.8 Å². The van der Waals surface area contributed by atoms with Crippen molar-refractivity contribution in [1.82, 2.24) is 0 Å². The summed E-state index contributed by atoms with van der Waals surface area (Å²) in [6.07, 6.45) is -0.877. The molecular formula is C36H33F7O4. The molecule has 1 saturated heterocycles. The summed E-state index contributed by atoms with van der Waals surface area (Å²) in [6.45, 7) is 4.52. The second-order valence-electron chi connectivity index (χ2n) is 11.3. The Kier molecular flexibility index (Phi) is 10.8. The first-order valence-electron chi connectivity index (χ1n) is 15.3. The van der Waals surface area contributed by atoms with Crippen molar-refractivity contribution in [3.05, 3.63) is 107 Å². The lowest BCUT2D eigenvalue weighted by atomic mass is 9.99. The topological polar surface area (TPSA) is 36.9 Å². The fourth-order valence-corrected chi connectivity index (χ4v) is 5.41. The summed E-state index contributed by atoms with van der Waals surface area (Å²) in [6, 6.07) is 11.1. The number of alkyl halides is 2. The Labute approximate surface area is 268 Å². The SMILES string of the molecule is CCCCCC1COC(c2ccc(C(F)(F)Oc3ccc(-c4ccc(-c5cc(F)c(OCC)c(F)c5)c(F)c4)c(F)c3)c(F)c2)OC1. The molecule has 0 N–H and O–H groups in total. The minimum Gasteiger partial charge on any atom is -0.488 e. The summed E-state index contributed by atoms with van der Waals surface area (Å²) < 4.78 is 125. The van der Waals surface area contributed by atoms with E-state index in [1.54, 1.807) is 6.92 Å². The molecule has 0 saturated carbocycles. The van der Waals surface area contributed by atoms with Crippen LogP contribution in [0.5, 0.6) is 11.5 Å². The van der Waals surface area contributed by atoms with Crippen LogP contribution in [0.4, 0.5) is 30.7 Å². The summed E-state index contributed by atoms with van der Waals surface area (Å²) >= 11 is 0. The van der Waals surface area contributed by atoms with Gasteiger partial charge in [-0.3, -0.25) is 0 Å². The molecule has 0 atom stereocenters. The highest BCUT2D eigenvalue weighted by atomic mass is 19.3. The zero-order chi connectivity index (χ0) is 33.7. The van der Waals surface area contributed by atoms with Gasteiger partial charge in [0.25, 0.3) is 0 Å². The third kappa shape index (κ3) is 7.90. The van der Waals surface area contributed by atoms with Crippen molar-refractivity contribution < 1.29 is 49.7 Å². The van der Waals surface area contributed by atoms with E-state index in [0.29, 0.717) is 19.3 Å². The molecule has 0 radical (unpaired) electrons. The lowest BCUT2D eigenvalue weighted by Crippen LogP contribution is -2.27. The lowest BCUT2D eigenvalue weighted by Gasteiger charge is -2.30. The molecule has 1 aliphatic heterocycles. The Morgan fingerprint density at radius 3 is 1.96 bits per heavy atom. The van der Waals surface area contributed by atoms with E-state index in [0.717, 1.165) is 68.1 Å². The predicted molar refractivity (Wildman–Crippen MR) is 162 cm³/mol. The van der Waals surface area contributed by atoms with Crippen molar-refractivity contribution in [2.75, 3.05) is 19.8 Å².